The van der Waals surface area contributed by atoms with Crippen molar-refractivity contribution >= 4 is 64.2 Å². The smallest absolute Gasteiger partial charge is 0.333 e. The molecule has 3 aromatic rings. The van der Waals surface area contributed by atoms with Crippen molar-refractivity contribution in [2.45, 2.75) is 32.4 Å². The van der Waals surface area contributed by atoms with Gasteiger partial charge in [-0.15, -0.1) is 12.4 Å². The lowest BCUT2D eigenvalue weighted by molar-refractivity contribution is 0.100. The van der Waals surface area contributed by atoms with Crippen LogP contribution in [-0.4, -0.2) is 39.1 Å². The number of carbonyl (C=O) groups excluding carboxylic acids is 1. The van der Waals surface area contributed by atoms with Gasteiger partial charge in [0.05, 0.1) is 26.8 Å². The van der Waals surface area contributed by atoms with E-state index in [0.717, 1.165) is 25.9 Å². The number of benzene rings is 2. The van der Waals surface area contributed by atoms with Crippen molar-refractivity contribution < 1.29 is 4.79 Å². The molecule has 0 bridgehead atoms. The molecule has 1 aliphatic heterocycles. The Kier molecular flexibility index (Phi) is 7.28. The van der Waals surface area contributed by atoms with Crippen LogP contribution in [0.5, 0.6) is 0 Å². The molecule has 1 saturated heterocycles. The normalized spacial score (nSPS) is 16.6. The SMILES string of the molecule is CCN1CCCC1Cn1c(=O)n(-c2ccc(Cl)cc2Cl)c2c(Cl)cc(C(N)=O)cc21.Cl. The second kappa shape index (κ2) is 9.43. The highest BCUT2D eigenvalue weighted by Crippen LogP contribution is 2.32. The Bertz CT molecular complexity index is 1200. The maximum Gasteiger partial charge on any atom is 0.333 e. The van der Waals surface area contributed by atoms with Crippen LogP contribution in [0.15, 0.2) is 35.1 Å². The maximum absolute atomic E-state index is 13.6. The lowest BCUT2D eigenvalue weighted by Gasteiger charge is -2.23. The molecule has 31 heavy (non-hydrogen) atoms. The van der Waals surface area contributed by atoms with Gasteiger partial charge in [-0.25, -0.2) is 4.79 Å². The Balaban J connectivity index is 0.00000272. The fraction of sp³-hybridized carbons (Fsp3) is 0.333. The predicted molar refractivity (Wildman–Crippen MR) is 129 cm³/mol. The number of rotatable bonds is 5. The summed E-state index contributed by atoms with van der Waals surface area (Å²) in [4.78, 5) is 27.8. The lowest BCUT2D eigenvalue weighted by atomic mass is 10.1. The summed E-state index contributed by atoms with van der Waals surface area (Å²) < 4.78 is 3.14. The summed E-state index contributed by atoms with van der Waals surface area (Å²) >= 11 is 19.0. The zero-order valence-corrected chi connectivity index (χ0v) is 19.9. The van der Waals surface area contributed by atoms with Crippen LogP contribution < -0.4 is 11.4 Å². The zero-order valence-electron chi connectivity index (χ0n) is 16.8. The quantitative estimate of drug-likeness (QED) is 0.545. The molecule has 0 aliphatic carbocycles. The second-order valence-corrected chi connectivity index (χ2v) is 8.69. The van der Waals surface area contributed by atoms with Gasteiger partial charge in [-0.2, -0.15) is 0 Å². The van der Waals surface area contributed by atoms with Crippen LogP contribution in [0.1, 0.15) is 30.1 Å². The first-order valence-corrected chi connectivity index (χ1v) is 10.9. The van der Waals surface area contributed by atoms with Crippen LogP contribution in [0.4, 0.5) is 0 Å². The number of imidazole rings is 1. The molecule has 0 saturated carbocycles. The van der Waals surface area contributed by atoms with E-state index in [9.17, 15) is 9.59 Å². The minimum atomic E-state index is -0.605. The number of halogens is 4. The molecule has 2 aromatic carbocycles. The number of aromatic nitrogens is 2. The van der Waals surface area contributed by atoms with Crippen molar-refractivity contribution in [3.8, 4) is 5.69 Å². The van der Waals surface area contributed by atoms with Crippen LogP contribution >= 0.6 is 47.2 Å². The van der Waals surface area contributed by atoms with Gasteiger partial charge in [-0.05, 0) is 56.3 Å². The first kappa shape index (κ1) is 24.0. The number of fused-ring (bicyclic) bond motifs is 1. The average Bonchev–Trinajstić information content (AvgIpc) is 3.25. The van der Waals surface area contributed by atoms with Crippen molar-refractivity contribution in [1.82, 2.24) is 14.0 Å². The van der Waals surface area contributed by atoms with Crippen molar-refractivity contribution in [3.63, 3.8) is 0 Å². The summed E-state index contributed by atoms with van der Waals surface area (Å²) in [6.07, 6.45) is 2.08. The number of primary amides is 1. The first-order chi connectivity index (χ1) is 14.3. The third-order valence-electron chi connectivity index (χ3n) is 5.71. The largest absolute Gasteiger partial charge is 0.366 e. The minimum absolute atomic E-state index is 0. The molecule has 1 aromatic heterocycles. The third-order valence-corrected chi connectivity index (χ3v) is 6.54. The molecular weight excluding hydrogens is 482 g/mol. The monoisotopic (exact) mass is 502 g/mol. The Morgan fingerprint density at radius 1 is 1.16 bits per heavy atom. The fourth-order valence-corrected chi connectivity index (χ4v) is 5.06. The molecule has 1 fully saturated rings. The molecule has 2 N–H and O–H groups in total. The van der Waals surface area contributed by atoms with Gasteiger partial charge in [0.25, 0.3) is 0 Å². The first-order valence-electron chi connectivity index (χ1n) is 9.76. The van der Waals surface area contributed by atoms with E-state index < -0.39 is 5.91 Å². The van der Waals surface area contributed by atoms with Gasteiger partial charge in [0.1, 0.15) is 0 Å². The molecule has 166 valence electrons. The van der Waals surface area contributed by atoms with Crippen molar-refractivity contribution in [2.24, 2.45) is 5.73 Å². The van der Waals surface area contributed by atoms with Crippen LogP contribution in [-0.2, 0) is 6.54 Å². The summed E-state index contributed by atoms with van der Waals surface area (Å²) in [7, 11) is 0. The molecule has 2 heterocycles. The van der Waals surface area contributed by atoms with Gasteiger partial charge in [0, 0.05) is 23.2 Å². The molecular formula is C21H22Cl4N4O2. The van der Waals surface area contributed by atoms with Gasteiger partial charge in [0.15, 0.2) is 0 Å². The van der Waals surface area contributed by atoms with Gasteiger partial charge < -0.3 is 5.73 Å². The van der Waals surface area contributed by atoms with E-state index in [4.69, 9.17) is 40.5 Å². The van der Waals surface area contributed by atoms with E-state index in [1.165, 1.54) is 10.6 Å². The lowest BCUT2D eigenvalue weighted by Crippen LogP contribution is -2.36. The number of hydrogen-bond donors (Lipinski definition) is 1. The van der Waals surface area contributed by atoms with E-state index >= 15 is 0 Å². The number of likely N-dealkylation sites (N-methyl/N-ethyl adjacent to an activating group) is 1. The predicted octanol–water partition coefficient (Wildman–Crippen LogP) is 4.76. The number of nitrogens with zero attached hydrogens (tertiary/aromatic N) is 3. The molecule has 1 unspecified atom stereocenters. The molecule has 10 heteroatoms. The number of carbonyl (C=O) groups is 1. The number of amides is 1. The maximum atomic E-state index is 13.6. The molecule has 1 aliphatic rings. The highest BCUT2D eigenvalue weighted by Gasteiger charge is 2.27. The Hall–Kier alpha value is -1.70. The second-order valence-electron chi connectivity index (χ2n) is 7.44. The number of nitrogens with two attached hydrogens (primary N) is 1. The van der Waals surface area contributed by atoms with Crippen molar-refractivity contribution in [1.29, 1.82) is 0 Å². The standard InChI is InChI=1S/C21H21Cl3N4O2.ClH/c1-2-26-7-3-4-14(26)11-27-18-9-12(20(25)29)8-16(24)19(18)28(21(27)30)17-6-5-13(22)10-15(17)23;/h5-6,8-10,14H,2-4,7,11H2,1H3,(H2,25,29);1H. The van der Waals surface area contributed by atoms with E-state index in [1.807, 2.05) is 0 Å². The summed E-state index contributed by atoms with van der Waals surface area (Å²) in [5.74, 6) is -0.605. The van der Waals surface area contributed by atoms with Crippen LogP contribution in [0.3, 0.4) is 0 Å². The van der Waals surface area contributed by atoms with Gasteiger partial charge >= 0.3 is 5.69 Å². The summed E-state index contributed by atoms with van der Waals surface area (Å²) in [6, 6.07) is 8.25. The van der Waals surface area contributed by atoms with Gasteiger partial charge in [-0.3, -0.25) is 18.8 Å². The Morgan fingerprint density at radius 2 is 1.90 bits per heavy atom. The Morgan fingerprint density at radius 3 is 2.55 bits per heavy atom. The topological polar surface area (TPSA) is 73.3 Å². The molecule has 6 nitrogen and oxygen atoms in total. The highest BCUT2D eigenvalue weighted by molar-refractivity contribution is 6.37. The summed E-state index contributed by atoms with van der Waals surface area (Å²) in [5.41, 5.74) is 6.97. The van der Waals surface area contributed by atoms with E-state index in [2.05, 4.69) is 11.8 Å². The van der Waals surface area contributed by atoms with E-state index in [0.29, 0.717) is 33.3 Å². The van der Waals surface area contributed by atoms with E-state index in [1.54, 1.807) is 28.8 Å². The molecule has 0 radical (unpaired) electrons. The molecule has 0 spiro atoms. The van der Waals surface area contributed by atoms with Crippen LogP contribution in [0.25, 0.3) is 16.7 Å². The molecule has 1 amide bonds. The van der Waals surface area contributed by atoms with Gasteiger partial charge in [-0.1, -0.05) is 41.7 Å². The average molecular weight is 504 g/mol. The van der Waals surface area contributed by atoms with E-state index in [-0.39, 0.29) is 34.7 Å². The van der Waals surface area contributed by atoms with Crippen molar-refractivity contribution in [3.05, 3.63) is 61.4 Å². The minimum Gasteiger partial charge on any atom is -0.366 e. The Labute approximate surface area is 200 Å². The van der Waals surface area contributed by atoms with Crippen LogP contribution in [0.2, 0.25) is 15.1 Å². The molecule has 1 atom stereocenters. The fourth-order valence-electron chi connectivity index (χ4n) is 4.26. The number of hydrogen-bond acceptors (Lipinski definition) is 3. The summed E-state index contributed by atoms with van der Waals surface area (Å²) in [5, 5.41) is 1.05. The third kappa shape index (κ3) is 4.32. The van der Waals surface area contributed by atoms with Crippen LogP contribution in [0, 0.1) is 0 Å². The summed E-state index contributed by atoms with van der Waals surface area (Å²) in [6.45, 7) is 4.51. The zero-order chi connectivity index (χ0) is 21.6. The number of likely N-dealkylation sites (tertiary alicyclic amines) is 1. The van der Waals surface area contributed by atoms with Crippen molar-refractivity contribution in [2.75, 3.05) is 13.1 Å². The van der Waals surface area contributed by atoms with Gasteiger partial charge in [0.2, 0.25) is 5.91 Å². The molecule has 4 rings (SSSR count). The highest BCUT2D eigenvalue weighted by atomic mass is 35.5.